The molecule has 0 aliphatic heterocycles. The zero-order chi connectivity index (χ0) is 11.6. The van der Waals surface area contributed by atoms with Crippen LogP contribution in [0.25, 0.3) is 0 Å². The molecule has 0 bridgehead atoms. The largest absolute Gasteiger partial charge is 0.418 e. The molecule has 0 aliphatic carbocycles. The van der Waals surface area contributed by atoms with Gasteiger partial charge in [-0.05, 0) is 17.5 Å². The highest BCUT2D eigenvalue weighted by molar-refractivity contribution is 5.31. The number of nitrogens with zero attached hydrogens (tertiary/aromatic N) is 1. The van der Waals surface area contributed by atoms with Gasteiger partial charge in [0, 0.05) is 6.20 Å². The zero-order valence-electron chi connectivity index (χ0n) is 8.47. The molecule has 1 heterocycles. The first-order valence-corrected chi connectivity index (χ1v) is 4.53. The molecule has 0 radical (unpaired) electrons. The maximum absolute atomic E-state index is 12.5. The van der Waals surface area contributed by atoms with Crippen molar-refractivity contribution in [3.63, 3.8) is 0 Å². The highest BCUT2D eigenvalue weighted by Gasteiger charge is 2.34. The first kappa shape index (κ1) is 12.0. The van der Waals surface area contributed by atoms with Crippen molar-refractivity contribution in [3.8, 4) is 0 Å². The van der Waals surface area contributed by atoms with E-state index in [1.165, 1.54) is 6.07 Å². The van der Waals surface area contributed by atoms with Crippen molar-refractivity contribution in [1.29, 1.82) is 0 Å². The Morgan fingerprint density at radius 1 is 1.40 bits per heavy atom. The second-order valence-corrected chi connectivity index (χ2v) is 3.57. The lowest BCUT2D eigenvalue weighted by atomic mass is 9.98. The van der Waals surface area contributed by atoms with Gasteiger partial charge in [-0.1, -0.05) is 13.8 Å². The SMILES string of the molecule is CC(C)c1cc(CO)ncc1C(F)(F)F. The molecule has 1 aromatic heterocycles. The van der Waals surface area contributed by atoms with Gasteiger partial charge in [0.05, 0.1) is 17.9 Å². The van der Waals surface area contributed by atoms with Gasteiger partial charge in [0.1, 0.15) is 0 Å². The van der Waals surface area contributed by atoms with Crippen molar-refractivity contribution in [2.75, 3.05) is 0 Å². The van der Waals surface area contributed by atoms with Crippen LogP contribution in [0, 0.1) is 0 Å². The Balaban J connectivity index is 3.28. The van der Waals surface area contributed by atoms with E-state index in [0.717, 1.165) is 6.20 Å². The molecule has 0 spiro atoms. The minimum atomic E-state index is -4.39. The van der Waals surface area contributed by atoms with Crippen molar-refractivity contribution in [2.24, 2.45) is 0 Å². The summed E-state index contributed by atoms with van der Waals surface area (Å²) in [6.07, 6.45) is -3.61. The molecular weight excluding hydrogens is 207 g/mol. The van der Waals surface area contributed by atoms with Crippen LogP contribution in [0.2, 0.25) is 0 Å². The van der Waals surface area contributed by atoms with Crippen LogP contribution in [0.15, 0.2) is 12.3 Å². The molecule has 1 N–H and O–H groups in total. The van der Waals surface area contributed by atoms with Crippen LogP contribution in [0.5, 0.6) is 0 Å². The van der Waals surface area contributed by atoms with E-state index < -0.39 is 11.7 Å². The number of aliphatic hydroxyl groups is 1. The first-order chi connectivity index (χ1) is 6.86. The lowest BCUT2D eigenvalue weighted by Gasteiger charge is -2.15. The van der Waals surface area contributed by atoms with E-state index >= 15 is 0 Å². The van der Waals surface area contributed by atoms with Gasteiger partial charge in [-0.25, -0.2) is 0 Å². The van der Waals surface area contributed by atoms with Crippen LogP contribution in [-0.4, -0.2) is 10.1 Å². The van der Waals surface area contributed by atoms with Crippen molar-refractivity contribution in [2.45, 2.75) is 32.5 Å². The van der Waals surface area contributed by atoms with Crippen LogP contribution in [0.3, 0.4) is 0 Å². The molecule has 2 nitrogen and oxygen atoms in total. The van der Waals surface area contributed by atoms with Crippen LogP contribution in [0.4, 0.5) is 13.2 Å². The number of halogens is 3. The van der Waals surface area contributed by atoms with Gasteiger partial charge in [0.25, 0.3) is 0 Å². The molecule has 0 aliphatic rings. The van der Waals surface area contributed by atoms with Gasteiger partial charge < -0.3 is 5.11 Å². The van der Waals surface area contributed by atoms with Crippen molar-refractivity contribution >= 4 is 0 Å². The topological polar surface area (TPSA) is 33.1 Å². The Hall–Kier alpha value is -1.10. The number of hydrogen-bond donors (Lipinski definition) is 1. The van der Waals surface area contributed by atoms with Gasteiger partial charge in [0.15, 0.2) is 0 Å². The fraction of sp³-hybridized carbons (Fsp3) is 0.500. The minimum Gasteiger partial charge on any atom is -0.390 e. The Bertz CT molecular complexity index is 347. The number of alkyl halides is 3. The fourth-order valence-electron chi connectivity index (χ4n) is 1.32. The zero-order valence-corrected chi connectivity index (χ0v) is 8.47. The average Bonchev–Trinajstić information content (AvgIpc) is 2.15. The van der Waals surface area contributed by atoms with Gasteiger partial charge in [-0.2, -0.15) is 13.2 Å². The summed E-state index contributed by atoms with van der Waals surface area (Å²) in [7, 11) is 0. The third-order valence-corrected chi connectivity index (χ3v) is 2.08. The Kier molecular flexibility index (Phi) is 3.34. The molecule has 1 aromatic rings. The standard InChI is InChI=1S/C10H12F3NO/c1-6(2)8-3-7(5-15)14-4-9(8)10(11,12)13/h3-4,6,15H,5H2,1-2H3. The lowest BCUT2D eigenvalue weighted by molar-refractivity contribution is -0.138. The molecule has 15 heavy (non-hydrogen) atoms. The predicted octanol–water partition coefficient (Wildman–Crippen LogP) is 2.72. The Morgan fingerprint density at radius 2 is 2.00 bits per heavy atom. The summed E-state index contributed by atoms with van der Waals surface area (Å²) in [5, 5.41) is 8.79. The fourth-order valence-corrected chi connectivity index (χ4v) is 1.32. The van der Waals surface area contributed by atoms with Crippen LogP contribution in [-0.2, 0) is 12.8 Å². The number of aromatic nitrogens is 1. The van der Waals surface area contributed by atoms with E-state index in [1.54, 1.807) is 13.8 Å². The van der Waals surface area contributed by atoms with E-state index in [-0.39, 0.29) is 23.8 Å². The van der Waals surface area contributed by atoms with Crippen LogP contribution >= 0.6 is 0 Å². The molecule has 84 valence electrons. The summed E-state index contributed by atoms with van der Waals surface area (Å²) in [4.78, 5) is 3.54. The maximum atomic E-state index is 12.5. The molecule has 0 aromatic carbocycles. The van der Waals surface area contributed by atoms with E-state index in [0.29, 0.717) is 0 Å². The molecule has 0 atom stereocenters. The Labute approximate surface area is 85.8 Å². The summed E-state index contributed by atoms with van der Waals surface area (Å²) in [5.74, 6) is -0.255. The van der Waals surface area contributed by atoms with E-state index in [2.05, 4.69) is 4.98 Å². The summed E-state index contributed by atoms with van der Waals surface area (Å²) >= 11 is 0. The molecule has 0 saturated carbocycles. The van der Waals surface area contributed by atoms with Gasteiger partial charge in [-0.15, -0.1) is 0 Å². The molecule has 0 amide bonds. The maximum Gasteiger partial charge on any atom is 0.418 e. The van der Waals surface area contributed by atoms with Crippen molar-refractivity contribution < 1.29 is 18.3 Å². The average molecular weight is 219 g/mol. The first-order valence-electron chi connectivity index (χ1n) is 4.53. The summed E-state index contributed by atoms with van der Waals surface area (Å²) in [6.45, 7) is 3.00. The van der Waals surface area contributed by atoms with E-state index in [9.17, 15) is 13.2 Å². The normalized spacial score (nSPS) is 12.2. The van der Waals surface area contributed by atoms with Crippen molar-refractivity contribution in [1.82, 2.24) is 4.98 Å². The number of hydrogen-bond acceptors (Lipinski definition) is 2. The molecule has 5 heteroatoms. The molecular formula is C10H12F3NO. The summed E-state index contributed by atoms with van der Waals surface area (Å²) in [5.41, 5.74) is -0.303. The highest BCUT2D eigenvalue weighted by Crippen LogP contribution is 2.34. The molecule has 0 unspecified atom stereocenters. The molecule has 0 fully saturated rings. The van der Waals surface area contributed by atoms with Crippen molar-refractivity contribution in [3.05, 3.63) is 29.1 Å². The summed E-state index contributed by atoms with van der Waals surface area (Å²) in [6, 6.07) is 1.30. The molecule has 0 saturated heterocycles. The van der Waals surface area contributed by atoms with Gasteiger partial charge >= 0.3 is 6.18 Å². The number of pyridine rings is 1. The second kappa shape index (κ2) is 4.18. The minimum absolute atomic E-state index is 0.168. The van der Waals surface area contributed by atoms with Crippen LogP contribution < -0.4 is 0 Å². The van der Waals surface area contributed by atoms with Crippen LogP contribution in [0.1, 0.15) is 36.6 Å². The van der Waals surface area contributed by atoms with E-state index in [1.807, 2.05) is 0 Å². The van der Waals surface area contributed by atoms with Gasteiger partial charge in [-0.3, -0.25) is 4.98 Å². The quantitative estimate of drug-likeness (QED) is 0.829. The molecule has 1 rings (SSSR count). The third kappa shape index (κ3) is 2.68. The second-order valence-electron chi connectivity index (χ2n) is 3.57. The Morgan fingerprint density at radius 3 is 2.40 bits per heavy atom. The summed E-state index contributed by atoms with van der Waals surface area (Å²) < 4.78 is 37.6. The third-order valence-electron chi connectivity index (χ3n) is 2.08. The lowest BCUT2D eigenvalue weighted by Crippen LogP contribution is -2.12. The van der Waals surface area contributed by atoms with Gasteiger partial charge in [0.2, 0.25) is 0 Å². The monoisotopic (exact) mass is 219 g/mol. The highest BCUT2D eigenvalue weighted by atomic mass is 19.4. The predicted molar refractivity (Wildman–Crippen MR) is 49.3 cm³/mol. The van der Waals surface area contributed by atoms with E-state index in [4.69, 9.17) is 5.11 Å². The smallest absolute Gasteiger partial charge is 0.390 e. The number of aliphatic hydroxyl groups excluding tert-OH is 1. The number of rotatable bonds is 2.